The molecule has 3 aromatic carbocycles. The molecule has 0 saturated carbocycles. The fraction of sp³-hybridized carbons (Fsp3) is 0.167. The van der Waals surface area contributed by atoms with Crippen molar-refractivity contribution in [1.29, 1.82) is 0 Å². The zero-order chi connectivity index (χ0) is 20.4. The topological polar surface area (TPSA) is 49.4 Å². The molecule has 29 heavy (non-hydrogen) atoms. The van der Waals surface area contributed by atoms with Crippen molar-refractivity contribution >= 4 is 39.1 Å². The fourth-order valence-corrected chi connectivity index (χ4v) is 4.02. The van der Waals surface area contributed by atoms with E-state index in [1.165, 1.54) is 0 Å². The quantitative estimate of drug-likeness (QED) is 0.566. The largest absolute Gasteiger partial charge is 0.321 e. The van der Waals surface area contributed by atoms with Crippen molar-refractivity contribution < 1.29 is 9.59 Å². The van der Waals surface area contributed by atoms with Gasteiger partial charge in [-0.2, -0.15) is 0 Å². The Bertz CT molecular complexity index is 1090. The monoisotopic (exact) mass is 448 g/mol. The normalized spacial score (nSPS) is 13.0. The molecule has 1 N–H and O–H groups in total. The van der Waals surface area contributed by atoms with Crippen molar-refractivity contribution in [2.75, 3.05) is 16.8 Å². The lowest BCUT2D eigenvalue weighted by Gasteiger charge is -2.30. The second-order valence-electron chi connectivity index (χ2n) is 7.21. The predicted octanol–water partition coefficient (Wildman–Crippen LogP) is 5.60. The Morgan fingerprint density at radius 3 is 2.59 bits per heavy atom. The zero-order valence-corrected chi connectivity index (χ0v) is 17.7. The van der Waals surface area contributed by atoms with E-state index in [-0.39, 0.29) is 11.8 Å². The third-order valence-electron chi connectivity index (χ3n) is 5.09. The minimum absolute atomic E-state index is 0.0000627. The molecular weight excluding hydrogens is 428 g/mol. The SMILES string of the molecule is Cc1cccc(C(=O)N2CCCc3cc(C(=O)Nc4ccccc4Br)ccc32)c1. The summed E-state index contributed by atoms with van der Waals surface area (Å²) in [4.78, 5) is 27.6. The van der Waals surface area contributed by atoms with Gasteiger partial charge in [0.15, 0.2) is 0 Å². The number of carbonyl (C=O) groups excluding carboxylic acids is 2. The molecule has 146 valence electrons. The van der Waals surface area contributed by atoms with Gasteiger partial charge in [-0.1, -0.05) is 29.8 Å². The highest BCUT2D eigenvalue weighted by atomic mass is 79.9. The maximum Gasteiger partial charge on any atom is 0.258 e. The van der Waals surface area contributed by atoms with E-state index in [0.717, 1.165) is 39.8 Å². The lowest BCUT2D eigenvalue weighted by molar-refractivity contribution is 0.0984. The van der Waals surface area contributed by atoms with Crippen LogP contribution in [0.1, 0.15) is 38.3 Å². The number of aryl methyl sites for hydroxylation is 2. The average molecular weight is 449 g/mol. The summed E-state index contributed by atoms with van der Waals surface area (Å²) in [6.45, 7) is 2.67. The molecule has 1 heterocycles. The van der Waals surface area contributed by atoms with Gasteiger partial charge in [0.05, 0.1) is 5.69 Å². The third kappa shape index (κ3) is 4.10. The van der Waals surface area contributed by atoms with Crippen molar-refractivity contribution in [2.45, 2.75) is 19.8 Å². The molecule has 3 aromatic rings. The lowest BCUT2D eigenvalue weighted by Crippen LogP contribution is -2.35. The van der Waals surface area contributed by atoms with Crippen LogP contribution in [0, 0.1) is 6.92 Å². The van der Waals surface area contributed by atoms with E-state index in [1.54, 1.807) is 6.07 Å². The molecule has 0 radical (unpaired) electrons. The van der Waals surface area contributed by atoms with Gasteiger partial charge in [0.25, 0.3) is 11.8 Å². The van der Waals surface area contributed by atoms with Crippen LogP contribution in [-0.2, 0) is 6.42 Å². The Morgan fingerprint density at radius 2 is 1.79 bits per heavy atom. The Hall–Kier alpha value is -2.92. The van der Waals surface area contributed by atoms with Gasteiger partial charge >= 0.3 is 0 Å². The first-order chi connectivity index (χ1) is 14.0. The van der Waals surface area contributed by atoms with Crippen LogP contribution in [0.4, 0.5) is 11.4 Å². The number of halogens is 1. The molecule has 5 heteroatoms. The predicted molar refractivity (Wildman–Crippen MR) is 120 cm³/mol. The third-order valence-corrected chi connectivity index (χ3v) is 5.78. The molecule has 4 rings (SSSR count). The smallest absolute Gasteiger partial charge is 0.258 e. The van der Waals surface area contributed by atoms with Crippen molar-refractivity contribution in [3.63, 3.8) is 0 Å². The van der Waals surface area contributed by atoms with Crippen molar-refractivity contribution in [3.8, 4) is 0 Å². The second-order valence-corrected chi connectivity index (χ2v) is 8.06. The molecule has 0 bridgehead atoms. The first-order valence-electron chi connectivity index (χ1n) is 9.60. The van der Waals surface area contributed by atoms with Crippen LogP contribution in [0.5, 0.6) is 0 Å². The zero-order valence-electron chi connectivity index (χ0n) is 16.1. The number of para-hydroxylation sites is 1. The van der Waals surface area contributed by atoms with Gasteiger partial charge < -0.3 is 10.2 Å². The first kappa shape index (κ1) is 19.4. The van der Waals surface area contributed by atoms with E-state index in [9.17, 15) is 9.59 Å². The highest BCUT2D eigenvalue weighted by molar-refractivity contribution is 9.10. The maximum atomic E-state index is 13.1. The number of nitrogens with one attached hydrogen (secondary N) is 1. The molecule has 0 atom stereocenters. The van der Waals surface area contributed by atoms with E-state index in [1.807, 2.05) is 72.5 Å². The Morgan fingerprint density at radius 1 is 0.966 bits per heavy atom. The number of hydrogen-bond acceptors (Lipinski definition) is 2. The summed E-state index contributed by atoms with van der Waals surface area (Å²) < 4.78 is 0.834. The van der Waals surface area contributed by atoms with Gasteiger partial charge in [-0.3, -0.25) is 9.59 Å². The number of amides is 2. The summed E-state index contributed by atoms with van der Waals surface area (Å²) in [5.74, 6) is -0.165. The molecule has 0 aromatic heterocycles. The Kier molecular flexibility index (Phi) is 5.49. The van der Waals surface area contributed by atoms with Gasteiger partial charge in [-0.05, 0) is 83.7 Å². The molecule has 0 saturated heterocycles. The van der Waals surface area contributed by atoms with Crippen LogP contribution in [0.2, 0.25) is 0 Å². The molecule has 0 spiro atoms. The summed E-state index contributed by atoms with van der Waals surface area (Å²) in [7, 11) is 0. The van der Waals surface area contributed by atoms with Crippen molar-refractivity contribution in [2.24, 2.45) is 0 Å². The van der Waals surface area contributed by atoms with E-state index in [4.69, 9.17) is 0 Å². The molecule has 4 nitrogen and oxygen atoms in total. The standard InChI is InChI=1S/C24H21BrN2O2/c1-16-6-4-7-19(14-16)24(29)27-13-5-8-17-15-18(11-12-22(17)27)23(28)26-21-10-3-2-9-20(21)25/h2-4,6-7,9-12,14-15H,5,8,13H2,1H3,(H,26,28). The molecule has 0 fully saturated rings. The number of carbonyl (C=O) groups is 2. The van der Waals surface area contributed by atoms with Crippen molar-refractivity contribution in [1.82, 2.24) is 0 Å². The van der Waals surface area contributed by atoms with Gasteiger partial charge in [-0.15, -0.1) is 0 Å². The minimum Gasteiger partial charge on any atom is -0.321 e. The lowest BCUT2D eigenvalue weighted by atomic mass is 9.98. The highest BCUT2D eigenvalue weighted by Crippen LogP contribution is 2.30. The first-order valence-corrected chi connectivity index (χ1v) is 10.4. The van der Waals surface area contributed by atoms with Crippen LogP contribution in [0.15, 0.2) is 71.2 Å². The minimum atomic E-state index is -0.165. The molecule has 1 aliphatic rings. The number of hydrogen-bond donors (Lipinski definition) is 1. The molecular formula is C24H21BrN2O2. The van der Waals surface area contributed by atoms with Gasteiger partial charge in [0.2, 0.25) is 0 Å². The summed E-state index contributed by atoms with van der Waals surface area (Å²) in [5, 5.41) is 2.93. The van der Waals surface area contributed by atoms with E-state index in [0.29, 0.717) is 17.7 Å². The number of fused-ring (bicyclic) bond motifs is 1. The second kappa shape index (κ2) is 8.21. The van der Waals surface area contributed by atoms with Crippen LogP contribution >= 0.6 is 15.9 Å². The number of nitrogens with zero attached hydrogens (tertiary/aromatic N) is 1. The van der Waals surface area contributed by atoms with Crippen LogP contribution in [0.25, 0.3) is 0 Å². The fourth-order valence-electron chi connectivity index (χ4n) is 3.64. The maximum absolute atomic E-state index is 13.1. The summed E-state index contributed by atoms with van der Waals surface area (Å²) in [6, 6.07) is 20.7. The summed E-state index contributed by atoms with van der Waals surface area (Å²) in [5.41, 5.74) is 4.98. The van der Waals surface area contributed by atoms with E-state index in [2.05, 4.69) is 21.2 Å². The number of rotatable bonds is 3. The van der Waals surface area contributed by atoms with Crippen LogP contribution in [0.3, 0.4) is 0 Å². The average Bonchev–Trinajstić information content (AvgIpc) is 2.74. The summed E-state index contributed by atoms with van der Waals surface area (Å²) >= 11 is 3.45. The molecule has 0 unspecified atom stereocenters. The van der Waals surface area contributed by atoms with Gasteiger partial charge in [-0.25, -0.2) is 0 Å². The molecule has 1 aliphatic heterocycles. The van der Waals surface area contributed by atoms with Crippen molar-refractivity contribution in [3.05, 3.63) is 93.5 Å². The van der Waals surface area contributed by atoms with Gasteiger partial charge in [0, 0.05) is 27.8 Å². The summed E-state index contributed by atoms with van der Waals surface area (Å²) in [6.07, 6.45) is 1.73. The van der Waals surface area contributed by atoms with Crippen LogP contribution in [-0.4, -0.2) is 18.4 Å². The molecule has 0 aliphatic carbocycles. The number of benzene rings is 3. The van der Waals surface area contributed by atoms with Crippen LogP contribution < -0.4 is 10.2 Å². The number of anilines is 2. The van der Waals surface area contributed by atoms with Gasteiger partial charge in [0.1, 0.15) is 0 Å². The Labute approximate surface area is 178 Å². The van der Waals surface area contributed by atoms with E-state index < -0.39 is 0 Å². The van der Waals surface area contributed by atoms with E-state index >= 15 is 0 Å². The molecule has 2 amide bonds. The Balaban J connectivity index is 1.59. The highest BCUT2D eigenvalue weighted by Gasteiger charge is 2.24.